The lowest BCUT2D eigenvalue weighted by atomic mass is 9.84. The molecule has 1 saturated carbocycles. The average molecular weight is 398 g/mol. The molecule has 1 aromatic rings. The van der Waals surface area contributed by atoms with Gasteiger partial charge in [-0.25, -0.2) is 26.5 Å². The molecule has 138 valence electrons. The van der Waals surface area contributed by atoms with Crippen LogP contribution in [0.2, 0.25) is 0 Å². The van der Waals surface area contributed by atoms with E-state index in [0.29, 0.717) is 0 Å². The van der Waals surface area contributed by atoms with Crippen LogP contribution in [-0.2, 0) is 19.9 Å². The van der Waals surface area contributed by atoms with Crippen molar-refractivity contribution < 1.29 is 16.8 Å². The average Bonchev–Trinajstić information content (AvgIpc) is 2.53. The van der Waals surface area contributed by atoms with Crippen LogP contribution in [0.4, 0.5) is 0 Å². The lowest BCUT2D eigenvalue weighted by molar-refractivity contribution is 0.294. The standard InChI is InChI=1S/C14H23N3O4S2.ClH/c1-22(18,19)14-8-7-12(10-16-14)23(20,21)17-13(9-15)11-5-3-2-4-6-11;/h7-8,10-11,13,17H,2-6,9,15H2,1H3;1H. The van der Waals surface area contributed by atoms with Crippen LogP contribution < -0.4 is 10.5 Å². The van der Waals surface area contributed by atoms with E-state index < -0.39 is 19.9 Å². The summed E-state index contributed by atoms with van der Waals surface area (Å²) in [6.07, 6.45) is 7.38. The van der Waals surface area contributed by atoms with Crippen LogP contribution >= 0.6 is 12.4 Å². The van der Waals surface area contributed by atoms with Gasteiger partial charge in [0.1, 0.15) is 4.90 Å². The van der Waals surface area contributed by atoms with E-state index in [0.717, 1.165) is 38.1 Å². The Balaban J connectivity index is 0.00000288. The Hall–Kier alpha value is -0.740. The summed E-state index contributed by atoms with van der Waals surface area (Å²) in [6.45, 7) is 0.235. The number of hydrogen-bond acceptors (Lipinski definition) is 6. The van der Waals surface area contributed by atoms with E-state index in [9.17, 15) is 16.8 Å². The van der Waals surface area contributed by atoms with Crippen molar-refractivity contribution in [2.24, 2.45) is 11.7 Å². The summed E-state index contributed by atoms with van der Waals surface area (Å²) in [5, 5.41) is -0.154. The van der Waals surface area contributed by atoms with Gasteiger partial charge >= 0.3 is 0 Å². The zero-order chi connectivity index (χ0) is 17.1. The summed E-state index contributed by atoms with van der Waals surface area (Å²) >= 11 is 0. The number of sulfonamides is 1. The number of nitrogens with two attached hydrogens (primary N) is 1. The molecule has 1 aliphatic carbocycles. The first kappa shape index (κ1) is 21.3. The summed E-state index contributed by atoms with van der Waals surface area (Å²) in [5.74, 6) is 0.242. The summed E-state index contributed by atoms with van der Waals surface area (Å²) in [6, 6.07) is 2.14. The van der Waals surface area contributed by atoms with Crippen LogP contribution in [0.25, 0.3) is 0 Å². The van der Waals surface area contributed by atoms with Gasteiger partial charge in [-0.1, -0.05) is 19.3 Å². The van der Waals surface area contributed by atoms with Gasteiger partial charge in [0.2, 0.25) is 10.0 Å². The minimum atomic E-state index is -3.77. The van der Waals surface area contributed by atoms with Crippen molar-refractivity contribution in [3.05, 3.63) is 18.3 Å². The molecule has 1 atom stereocenters. The van der Waals surface area contributed by atoms with Gasteiger partial charge in [0.25, 0.3) is 0 Å². The lowest BCUT2D eigenvalue weighted by Gasteiger charge is -2.29. The zero-order valence-electron chi connectivity index (χ0n) is 13.5. The second kappa shape index (κ2) is 8.57. The van der Waals surface area contributed by atoms with Crippen molar-refractivity contribution in [1.82, 2.24) is 9.71 Å². The van der Waals surface area contributed by atoms with Crippen molar-refractivity contribution in [2.45, 2.75) is 48.1 Å². The van der Waals surface area contributed by atoms with Crippen molar-refractivity contribution in [3.8, 4) is 0 Å². The molecule has 0 aromatic carbocycles. The highest BCUT2D eigenvalue weighted by Crippen LogP contribution is 2.27. The minimum Gasteiger partial charge on any atom is -0.329 e. The Kier molecular flexibility index (Phi) is 7.61. The zero-order valence-corrected chi connectivity index (χ0v) is 16.0. The van der Waals surface area contributed by atoms with Crippen LogP contribution in [0.15, 0.2) is 28.3 Å². The van der Waals surface area contributed by atoms with Crippen LogP contribution in [0.5, 0.6) is 0 Å². The molecule has 0 spiro atoms. The van der Waals surface area contributed by atoms with E-state index >= 15 is 0 Å². The second-order valence-corrected chi connectivity index (χ2v) is 9.64. The molecule has 0 saturated heterocycles. The van der Waals surface area contributed by atoms with E-state index in [1.807, 2.05) is 0 Å². The van der Waals surface area contributed by atoms with Crippen molar-refractivity contribution in [2.75, 3.05) is 12.8 Å². The molecule has 0 radical (unpaired) electrons. The molecule has 1 unspecified atom stereocenters. The van der Waals surface area contributed by atoms with Gasteiger partial charge in [0.15, 0.2) is 14.9 Å². The third kappa shape index (κ3) is 5.38. The Morgan fingerprint density at radius 1 is 1.21 bits per heavy atom. The molecule has 1 aromatic heterocycles. The van der Waals surface area contributed by atoms with Crippen LogP contribution in [-0.4, -0.2) is 40.7 Å². The first-order valence-corrected chi connectivity index (χ1v) is 11.0. The molecule has 1 fully saturated rings. The number of aromatic nitrogens is 1. The number of pyridine rings is 1. The van der Waals surface area contributed by atoms with E-state index in [-0.39, 0.29) is 40.8 Å². The maximum atomic E-state index is 12.4. The Bertz CT molecular complexity index is 730. The van der Waals surface area contributed by atoms with Gasteiger partial charge in [0.05, 0.1) is 0 Å². The molecule has 2 rings (SSSR count). The molecule has 10 heteroatoms. The third-order valence-corrected chi connectivity index (χ3v) is 6.66. The van der Waals surface area contributed by atoms with Crippen LogP contribution in [0.1, 0.15) is 32.1 Å². The third-order valence-electron chi connectivity index (χ3n) is 4.18. The smallest absolute Gasteiger partial charge is 0.242 e. The largest absolute Gasteiger partial charge is 0.329 e. The summed E-state index contributed by atoms with van der Waals surface area (Å²) in [7, 11) is -7.23. The van der Waals surface area contributed by atoms with Gasteiger partial charge in [-0.3, -0.25) is 0 Å². The topological polar surface area (TPSA) is 119 Å². The first-order valence-electron chi connectivity index (χ1n) is 7.62. The lowest BCUT2D eigenvalue weighted by Crippen LogP contribution is -2.45. The van der Waals surface area contributed by atoms with Crippen LogP contribution in [0.3, 0.4) is 0 Å². The molecule has 0 aliphatic heterocycles. The Labute approximate surface area is 149 Å². The molecular weight excluding hydrogens is 374 g/mol. The molecule has 1 heterocycles. The molecular formula is C14H24ClN3O4S2. The summed E-state index contributed by atoms with van der Waals surface area (Å²) in [4.78, 5) is 3.67. The number of sulfone groups is 1. The fraction of sp³-hybridized carbons (Fsp3) is 0.643. The molecule has 3 N–H and O–H groups in total. The number of nitrogens with one attached hydrogen (secondary N) is 1. The van der Waals surface area contributed by atoms with E-state index in [2.05, 4.69) is 9.71 Å². The SMILES string of the molecule is CS(=O)(=O)c1ccc(S(=O)(=O)NC(CN)C2CCCCC2)cn1.Cl. The van der Waals surface area contributed by atoms with E-state index in [1.54, 1.807) is 0 Å². The second-order valence-electron chi connectivity index (χ2n) is 5.97. The van der Waals surface area contributed by atoms with Crippen LogP contribution in [0, 0.1) is 5.92 Å². The monoisotopic (exact) mass is 397 g/mol. The number of hydrogen-bond donors (Lipinski definition) is 2. The van der Waals surface area contributed by atoms with E-state index in [4.69, 9.17) is 5.73 Å². The molecule has 1 aliphatic rings. The van der Waals surface area contributed by atoms with Gasteiger partial charge in [-0.05, 0) is 30.9 Å². The Morgan fingerprint density at radius 2 is 1.83 bits per heavy atom. The van der Waals surface area contributed by atoms with Crippen molar-refractivity contribution >= 4 is 32.3 Å². The fourth-order valence-corrected chi connectivity index (χ4v) is 4.71. The maximum absolute atomic E-state index is 12.4. The quantitative estimate of drug-likeness (QED) is 0.741. The molecule has 7 nitrogen and oxygen atoms in total. The maximum Gasteiger partial charge on any atom is 0.242 e. The minimum absolute atomic E-state index is 0. The first-order chi connectivity index (χ1) is 10.7. The van der Waals surface area contributed by atoms with Crippen molar-refractivity contribution in [3.63, 3.8) is 0 Å². The van der Waals surface area contributed by atoms with E-state index in [1.165, 1.54) is 18.6 Å². The highest BCUT2D eigenvalue weighted by atomic mass is 35.5. The normalized spacial score (nSPS) is 17.9. The predicted molar refractivity (Wildman–Crippen MR) is 94.3 cm³/mol. The fourth-order valence-electron chi connectivity index (χ4n) is 2.89. The summed E-state index contributed by atoms with van der Waals surface area (Å²) in [5.41, 5.74) is 5.75. The van der Waals surface area contributed by atoms with Crippen molar-refractivity contribution in [1.29, 1.82) is 0 Å². The van der Waals surface area contributed by atoms with Gasteiger partial charge < -0.3 is 5.73 Å². The number of rotatable bonds is 6. The molecule has 24 heavy (non-hydrogen) atoms. The highest BCUT2D eigenvalue weighted by Gasteiger charge is 2.27. The highest BCUT2D eigenvalue weighted by molar-refractivity contribution is 7.90. The summed E-state index contributed by atoms with van der Waals surface area (Å²) < 4.78 is 50.3. The Morgan fingerprint density at radius 3 is 2.29 bits per heavy atom. The predicted octanol–water partition coefficient (Wildman–Crippen LogP) is 1.09. The molecule has 0 amide bonds. The van der Waals surface area contributed by atoms with Gasteiger partial charge in [-0.15, -0.1) is 12.4 Å². The number of nitrogens with zero attached hydrogens (tertiary/aromatic N) is 1. The van der Waals surface area contributed by atoms with Gasteiger partial charge in [0, 0.05) is 25.0 Å². The number of halogens is 1. The van der Waals surface area contributed by atoms with Gasteiger partial charge in [-0.2, -0.15) is 0 Å². The molecule has 0 bridgehead atoms.